The number of carbonyl (C=O) groups excluding carboxylic acids is 1. The van der Waals surface area contributed by atoms with Crippen LogP contribution in [-0.2, 0) is 0 Å². The maximum absolute atomic E-state index is 13.4. The molecule has 2 rings (SSSR count). The molecule has 0 amide bonds. The van der Waals surface area contributed by atoms with E-state index in [4.69, 9.17) is 0 Å². The molecule has 3 nitrogen and oxygen atoms in total. The first-order valence-corrected chi connectivity index (χ1v) is 5.51. The van der Waals surface area contributed by atoms with Crippen LogP contribution in [0, 0.1) is 5.82 Å². The molecule has 18 heavy (non-hydrogen) atoms. The van der Waals surface area contributed by atoms with Crippen LogP contribution in [0.4, 0.5) is 10.1 Å². The largest absolute Gasteiger partial charge is 0.378 e. The lowest BCUT2D eigenvalue weighted by molar-refractivity contribution is 0.103. The third-order valence-corrected chi connectivity index (χ3v) is 2.66. The van der Waals surface area contributed by atoms with Gasteiger partial charge in [-0.25, -0.2) is 4.39 Å². The van der Waals surface area contributed by atoms with Crippen LogP contribution in [0.1, 0.15) is 15.9 Å². The Bertz CT molecular complexity index is 564. The molecule has 4 heteroatoms. The van der Waals surface area contributed by atoms with Crippen LogP contribution in [0.3, 0.4) is 0 Å². The van der Waals surface area contributed by atoms with Crippen LogP contribution >= 0.6 is 0 Å². The molecule has 0 fully saturated rings. The van der Waals surface area contributed by atoms with Crippen molar-refractivity contribution in [3.05, 3.63) is 59.7 Å². The molecule has 0 atom stereocenters. The van der Waals surface area contributed by atoms with Gasteiger partial charge < -0.3 is 4.90 Å². The molecule has 92 valence electrons. The van der Waals surface area contributed by atoms with E-state index < -0.39 is 5.82 Å². The van der Waals surface area contributed by atoms with Crippen molar-refractivity contribution in [2.24, 2.45) is 0 Å². The first kappa shape index (κ1) is 12.2. The van der Waals surface area contributed by atoms with E-state index in [1.165, 1.54) is 12.3 Å². The topological polar surface area (TPSA) is 33.2 Å². The molecule has 1 heterocycles. The SMILES string of the molecule is CN(C)c1ccc(C(=O)c2ccncc2F)cc1. The summed E-state index contributed by atoms with van der Waals surface area (Å²) in [7, 11) is 3.83. The fraction of sp³-hybridized carbons (Fsp3) is 0.143. The van der Waals surface area contributed by atoms with Gasteiger partial charge >= 0.3 is 0 Å². The lowest BCUT2D eigenvalue weighted by Gasteiger charge is -2.12. The van der Waals surface area contributed by atoms with Crippen molar-refractivity contribution in [1.29, 1.82) is 0 Å². The molecule has 0 unspecified atom stereocenters. The van der Waals surface area contributed by atoms with Gasteiger partial charge in [-0.3, -0.25) is 9.78 Å². The number of pyridine rings is 1. The lowest BCUT2D eigenvalue weighted by Crippen LogP contribution is -2.09. The number of rotatable bonds is 3. The Morgan fingerprint density at radius 2 is 1.83 bits per heavy atom. The fourth-order valence-corrected chi connectivity index (χ4v) is 1.63. The maximum Gasteiger partial charge on any atom is 0.196 e. The Labute approximate surface area is 105 Å². The van der Waals surface area contributed by atoms with E-state index in [9.17, 15) is 9.18 Å². The minimum Gasteiger partial charge on any atom is -0.378 e. The number of hydrogen-bond acceptors (Lipinski definition) is 3. The van der Waals surface area contributed by atoms with Gasteiger partial charge in [-0.1, -0.05) is 0 Å². The number of anilines is 1. The third-order valence-electron chi connectivity index (χ3n) is 2.66. The van der Waals surface area contributed by atoms with Crippen molar-refractivity contribution in [3.8, 4) is 0 Å². The number of nitrogens with zero attached hydrogens (tertiary/aromatic N) is 2. The molecular formula is C14H13FN2O. The van der Waals surface area contributed by atoms with E-state index in [0.717, 1.165) is 11.9 Å². The van der Waals surface area contributed by atoms with Gasteiger partial charge in [-0.15, -0.1) is 0 Å². The highest BCUT2D eigenvalue weighted by atomic mass is 19.1. The van der Waals surface area contributed by atoms with E-state index in [2.05, 4.69) is 4.98 Å². The van der Waals surface area contributed by atoms with E-state index in [1.807, 2.05) is 31.1 Å². The highest BCUT2D eigenvalue weighted by Crippen LogP contribution is 2.16. The molecule has 0 N–H and O–H groups in total. The maximum atomic E-state index is 13.4. The molecule has 0 saturated heterocycles. The van der Waals surface area contributed by atoms with Crippen LogP contribution in [0.15, 0.2) is 42.7 Å². The minimum absolute atomic E-state index is 0.0441. The molecule has 0 aliphatic rings. The Kier molecular flexibility index (Phi) is 3.37. The van der Waals surface area contributed by atoms with Crippen molar-refractivity contribution in [1.82, 2.24) is 4.98 Å². The Morgan fingerprint density at radius 3 is 2.39 bits per heavy atom. The lowest BCUT2D eigenvalue weighted by atomic mass is 10.0. The summed E-state index contributed by atoms with van der Waals surface area (Å²) in [6.45, 7) is 0. The van der Waals surface area contributed by atoms with Gasteiger partial charge in [-0.05, 0) is 30.3 Å². The second kappa shape index (κ2) is 4.96. The summed E-state index contributed by atoms with van der Waals surface area (Å²) in [4.78, 5) is 17.6. The summed E-state index contributed by atoms with van der Waals surface area (Å²) < 4.78 is 13.4. The van der Waals surface area contributed by atoms with Crippen LogP contribution in [0.25, 0.3) is 0 Å². The molecule has 0 aliphatic carbocycles. The van der Waals surface area contributed by atoms with Crippen LogP contribution in [-0.4, -0.2) is 24.9 Å². The molecule has 0 spiro atoms. The summed E-state index contributed by atoms with van der Waals surface area (Å²) in [6.07, 6.45) is 2.45. The van der Waals surface area contributed by atoms with E-state index >= 15 is 0 Å². The quantitative estimate of drug-likeness (QED) is 0.778. The van der Waals surface area contributed by atoms with Gasteiger partial charge in [0.15, 0.2) is 11.6 Å². The summed E-state index contributed by atoms with van der Waals surface area (Å²) >= 11 is 0. The summed E-state index contributed by atoms with van der Waals surface area (Å²) in [5.74, 6) is -0.931. The predicted molar refractivity (Wildman–Crippen MR) is 68.4 cm³/mol. The minimum atomic E-state index is -0.598. The first-order chi connectivity index (χ1) is 8.59. The number of hydrogen-bond donors (Lipinski definition) is 0. The molecule has 0 radical (unpaired) electrons. The van der Waals surface area contributed by atoms with Crippen molar-refractivity contribution in [3.63, 3.8) is 0 Å². The van der Waals surface area contributed by atoms with E-state index in [1.54, 1.807) is 12.1 Å². The fourth-order valence-electron chi connectivity index (χ4n) is 1.63. The van der Waals surface area contributed by atoms with Gasteiger partial charge in [0, 0.05) is 31.5 Å². The molecule has 0 bridgehead atoms. The molecular weight excluding hydrogens is 231 g/mol. The number of halogens is 1. The normalized spacial score (nSPS) is 10.2. The van der Waals surface area contributed by atoms with Crippen LogP contribution in [0.2, 0.25) is 0 Å². The monoisotopic (exact) mass is 244 g/mol. The van der Waals surface area contributed by atoms with Crippen molar-refractivity contribution in [2.75, 3.05) is 19.0 Å². The van der Waals surface area contributed by atoms with Crippen molar-refractivity contribution >= 4 is 11.5 Å². The van der Waals surface area contributed by atoms with Gasteiger partial charge in [-0.2, -0.15) is 0 Å². The second-order valence-corrected chi connectivity index (χ2v) is 4.13. The molecule has 2 aromatic rings. The first-order valence-electron chi connectivity index (χ1n) is 5.51. The van der Waals surface area contributed by atoms with Gasteiger partial charge in [0.05, 0.1) is 11.8 Å². The van der Waals surface area contributed by atoms with Crippen LogP contribution in [0.5, 0.6) is 0 Å². The second-order valence-electron chi connectivity index (χ2n) is 4.13. The zero-order chi connectivity index (χ0) is 13.1. The number of benzene rings is 1. The zero-order valence-electron chi connectivity index (χ0n) is 10.2. The average molecular weight is 244 g/mol. The van der Waals surface area contributed by atoms with Crippen LogP contribution < -0.4 is 4.90 Å². The molecule has 1 aromatic carbocycles. The zero-order valence-corrected chi connectivity index (χ0v) is 10.2. The number of ketones is 1. The highest BCUT2D eigenvalue weighted by Gasteiger charge is 2.13. The molecule has 0 aliphatic heterocycles. The predicted octanol–water partition coefficient (Wildman–Crippen LogP) is 2.52. The summed E-state index contributed by atoms with van der Waals surface area (Å²) in [5, 5.41) is 0. The smallest absolute Gasteiger partial charge is 0.196 e. The standard InChI is InChI=1S/C14H13FN2O/c1-17(2)11-5-3-10(4-6-11)14(18)12-7-8-16-9-13(12)15/h3-9H,1-2H3. The highest BCUT2D eigenvalue weighted by molar-refractivity contribution is 6.09. The Balaban J connectivity index is 2.32. The van der Waals surface area contributed by atoms with Gasteiger partial charge in [0.25, 0.3) is 0 Å². The van der Waals surface area contributed by atoms with Gasteiger partial charge in [0.1, 0.15) is 0 Å². The number of aromatic nitrogens is 1. The summed E-state index contributed by atoms with van der Waals surface area (Å²) in [6, 6.07) is 8.42. The number of carbonyl (C=O) groups is 1. The average Bonchev–Trinajstić information content (AvgIpc) is 2.38. The molecule has 0 saturated carbocycles. The van der Waals surface area contributed by atoms with E-state index in [0.29, 0.717) is 5.56 Å². The third kappa shape index (κ3) is 2.37. The van der Waals surface area contributed by atoms with E-state index in [-0.39, 0.29) is 11.3 Å². The van der Waals surface area contributed by atoms with Crippen molar-refractivity contribution < 1.29 is 9.18 Å². The summed E-state index contributed by atoms with van der Waals surface area (Å²) in [5.41, 5.74) is 1.50. The Morgan fingerprint density at radius 1 is 1.17 bits per heavy atom. The Hall–Kier alpha value is -2.23. The van der Waals surface area contributed by atoms with Gasteiger partial charge in [0.2, 0.25) is 0 Å². The molecule has 1 aromatic heterocycles. The van der Waals surface area contributed by atoms with Crippen molar-refractivity contribution in [2.45, 2.75) is 0 Å².